The van der Waals surface area contributed by atoms with Gasteiger partial charge >= 0.3 is 0 Å². The van der Waals surface area contributed by atoms with Crippen LogP contribution < -0.4 is 0 Å². The molecule has 0 aliphatic heterocycles. The molecule has 2 aromatic rings. The van der Waals surface area contributed by atoms with E-state index in [0.29, 0.717) is 0 Å². The molecule has 0 atom stereocenters. The van der Waals surface area contributed by atoms with Gasteiger partial charge < -0.3 is 0 Å². The molecule has 0 nitrogen and oxygen atoms in total. The maximum Gasteiger partial charge on any atom is 0.103 e. The highest BCUT2D eigenvalue weighted by molar-refractivity contribution is 8.03. The summed E-state index contributed by atoms with van der Waals surface area (Å²) in [6.07, 6.45) is 0. The summed E-state index contributed by atoms with van der Waals surface area (Å²) in [4.78, 5) is 1.19. The van der Waals surface area contributed by atoms with Gasteiger partial charge in [0.2, 0.25) is 0 Å². The summed E-state index contributed by atoms with van der Waals surface area (Å²) in [5, 5.41) is 0.771. The van der Waals surface area contributed by atoms with Crippen molar-refractivity contribution in [3.8, 4) is 0 Å². The zero-order valence-corrected chi connectivity index (χ0v) is 10.9. The molecule has 1 aromatic heterocycles. The minimum Gasteiger partial charge on any atom is -0.0843 e. The molecule has 1 aromatic carbocycles. The van der Waals surface area contributed by atoms with Crippen LogP contribution in [0.25, 0.3) is 0 Å². The molecule has 1 heterocycles. The van der Waals surface area contributed by atoms with Gasteiger partial charge in [-0.2, -0.15) is 0 Å². The Hall–Kier alpha value is 0.130. The highest BCUT2D eigenvalue weighted by Crippen LogP contribution is 2.34. The van der Waals surface area contributed by atoms with E-state index in [4.69, 9.17) is 23.8 Å². The van der Waals surface area contributed by atoms with E-state index in [-0.39, 0.29) is 0 Å². The second-order valence-corrected chi connectivity index (χ2v) is 7.23. The Balaban J connectivity index is 2.19. The Morgan fingerprint density at radius 2 is 1.86 bits per heavy atom. The summed E-state index contributed by atoms with van der Waals surface area (Å²) < 4.78 is 2.19. The van der Waals surface area contributed by atoms with Gasteiger partial charge in [-0.05, 0) is 30.3 Å². The SMILES string of the molecule is S=c1cc(Sc2ccc(Cl)cc2)ss1. The molecule has 0 bridgehead atoms. The molecule has 0 amide bonds. The molecule has 0 aliphatic rings. The average Bonchev–Trinajstić information content (AvgIpc) is 2.56. The van der Waals surface area contributed by atoms with Crippen molar-refractivity contribution in [2.75, 3.05) is 0 Å². The topological polar surface area (TPSA) is 0 Å². The van der Waals surface area contributed by atoms with Gasteiger partial charge in [0, 0.05) is 9.92 Å². The van der Waals surface area contributed by atoms with E-state index < -0.39 is 0 Å². The minimum atomic E-state index is 0.771. The first-order valence-electron chi connectivity index (χ1n) is 3.77. The molecule has 14 heavy (non-hydrogen) atoms. The van der Waals surface area contributed by atoms with Crippen molar-refractivity contribution >= 4 is 56.3 Å². The molecule has 0 N–H and O–H groups in total. The van der Waals surface area contributed by atoms with Crippen LogP contribution in [0.15, 0.2) is 39.4 Å². The quantitative estimate of drug-likeness (QED) is 0.536. The van der Waals surface area contributed by atoms with Crippen LogP contribution in [0.5, 0.6) is 0 Å². The van der Waals surface area contributed by atoms with E-state index in [9.17, 15) is 0 Å². The summed E-state index contributed by atoms with van der Waals surface area (Å²) in [6.45, 7) is 0. The Kier molecular flexibility index (Phi) is 3.62. The highest BCUT2D eigenvalue weighted by Gasteiger charge is 1.99. The summed E-state index contributed by atoms with van der Waals surface area (Å²) >= 11 is 12.6. The van der Waals surface area contributed by atoms with Gasteiger partial charge in [0.15, 0.2) is 0 Å². The Bertz CT molecular complexity index is 468. The molecule has 0 spiro atoms. The van der Waals surface area contributed by atoms with E-state index >= 15 is 0 Å². The number of hydrogen-bond acceptors (Lipinski definition) is 4. The minimum absolute atomic E-state index is 0.771. The Labute approximate surface area is 104 Å². The molecular weight excluding hydrogens is 272 g/mol. The molecule has 0 saturated carbocycles. The number of rotatable bonds is 2. The van der Waals surface area contributed by atoms with E-state index in [2.05, 4.69) is 0 Å². The average molecular weight is 277 g/mol. The second kappa shape index (κ2) is 4.77. The largest absolute Gasteiger partial charge is 0.103 e. The predicted octanol–water partition coefficient (Wildman–Crippen LogP) is 5.34. The fraction of sp³-hybridized carbons (Fsp3) is 0. The maximum atomic E-state index is 5.80. The molecule has 0 radical (unpaired) electrons. The van der Waals surface area contributed by atoms with Crippen LogP contribution in [0.3, 0.4) is 0 Å². The summed E-state index contributed by atoms with van der Waals surface area (Å²) in [7, 11) is 3.35. The van der Waals surface area contributed by atoms with Gasteiger partial charge in [0.1, 0.15) is 3.82 Å². The molecule has 0 fully saturated rings. The van der Waals surface area contributed by atoms with Crippen molar-refractivity contribution in [3.05, 3.63) is 39.2 Å². The first-order valence-corrected chi connectivity index (χ1v) is 7.53. The molecular formula is C9H5ClS4. The standard InChI is InChI=1S/C9H5ClS4/c10-6-1-3-7(4-2-6)12-9-5-8(11)13-14-9/h1-5H. The summed E-state index contributed by atoms with van der Waals surface area (Å²) in [5.41, 5.74) is 0. The van der Waals surface area contributed by atoms with Gasteiger partial charge in [-0.15, -0.1) is 0 Å². The van der Waals surface area contributed by atoms with Crippen LogP contribution in [0.2, 0.25) is 5.02 Å². The predicted molar refractivity (Wildman–Crippen MR) is 68.6 cm³/mol. The van der Waals surface area contributed by atoms with Crippen molar-refractivity contribution in [1.82, 2.24) is 0 Å². The van der Waals surface area contributed by atoms with Gasteiger partial charge in [-0.25, -0.2) is 0 Å². The molecule has 5 heteroatoms. The summed E-state index contributed by atoms with van der Waals surface area (Å²) in [5.74, 6) is 0. The third-order valence-electron chi connectivity index (χ3n) is 1.47. The van der Waals surface area contributed by atoms with Gasteiger partial charge in [0.25, 0.3) is 0 Å². The molecule has 0 unspecified atom stereocenters. The van der Waals surface area contributed by atoms with E-state index in [1.807, 2.05) is 30.3 Å². The Morgan fingerprint density at radius 3 is 2.43 bits per heavy atom. The highest BCUT2D eigenvalue weighted by atomic mass is 35.5. The second-order valence-electron chi connectivity index (χ2n) is 2.51. The lowest BCUT2D eigenvalue weighted by Gasteiger charge is -1.96. The van der Waals surface area contributed by atoms with Crippen LogP contribution in [-0.4, -0.2) is 0 Å². The first-order chi connectivity index (χ1) is 6.74. The zero-order valence-electron chi connectivity index (χ0n) is 6.90. The smallest absolute Gasteiger partial charge is 0.0843 e. The van der Waals surface area contributed by atoms with Crippen molar-refractivity contribution < 1.29 is 0 Å². The van der Waals surface area contributed by atoms with Crippen molar-refractivity contribution in [3.63, 3.8) is 0 Å². The van der Waals surface area contributed by atoms with Gasteiger partial charge in [0.05, 0.1) is 4.21 Å². The van der Waals surface area contributed by atoms with Crippen molar-refractivity contribution in [2.24, 2.45) is 0 Å². The van der Waals surface area contributed by atoms with Gasteiger partial charge in [-0.3, -0.25) is 0 Å². The van der Waals surface area contributed by atoms with E-state index in [0.717, 1.165) is 8.85 Å². The monoisotopic (exact) mass is 276 g/mol. The van der Waals surface area contributed by atoms with Crippen LogP contribution in [0, 0.1) is 3.82 Å². The third-order valence-corrected chi connectivity index (χ3v) is 6.03. The van der Waals surface area contributed by atoms with E-state index in [1.54, 1.807) is 32.4 Å². The number of halogens is 1. The lowest BCUT2D eigenvalue weighted by Crippen LogP contribution is -1.68. The normalized spacial score (nSPS) is 10.4. The zero-order chi connectivity index (χ0) is 9.97. The molecule has 0 aliphatic carbocycles. The number of hydrogen-bond donors (Lipinski definition) is 0. The lowest BCUT2D eigenvalue weighted by atomic mass is 10.4. The fourth-order valence-corrected chi connectivity index (χ4v) is 4.74. The van der Waals surface area contributed by atoms with Crippen LogP contribution in [-0.2, 0) is 0 Å². The first kappa shape index (κ1) is 10.6. The molecule has 2 rings (SSSR count). The fourth-order valence-electron chi connectivity index (χ4n) is 0.892. The Morgan fingerprint density at radius 1 is 1.14 bits per heavy atom. The molecule has 0 saturated heterocycles. The van der Waals surface area contributed by atoms with Crippen LogP contribution in [0.1, 0.15) is 0 Å². The van der Waals surface area contributed by atoms with Crippen LogP contribution in [0.4, 0.5) is 0 Å². The van der Waals surface area contributed by atoms with E-state index in [1.165, 1.54) is 9.10 Å². The summed E-state index contributed by atoms with van der Waals surface area (Å²) in [6, 6.07) is 9.86. The molecule has 72 valence electrons. The van der Waals surface area contributed by atoms with Crippen molar-refractivity contribution in [1.29, 1.82) is 0 Å². The lowest BCUT2D eigenvalue weighted by molar-refractivity contribution is 1.46. The maximum absolute atomic E-state index is 5.80. The third kappa shape index (κ3) is 2.81. The van der Waals surface area contributed by atoms with Crippen molar-refractivity contribution in [2.45, 2.75) is 9.10 Å². The van der Waals surface area contributed by atoms with Gasteiger partial charge in [-0.1, -0.05) is 56.3 Å². The number of benzene rings is 1. The van der Waals surface area contributed by atoms with Crippen LogP contribution >= 0.6 is 56.3 Å².